The van der Waals surface area contributed by atoms with E-state index in [1.807, 2.05) is 31.2 Å². The molecule has 132 valence electrons. The summed E-state index contributed by atoms with van der Waals surface area (Å²) in [5, 5.41) is 3.79. The number of halogens is 3. The number of nitrogens with zero attached hydrogens (tertiary/aromatic N) is 2. The maximum Gasteiger partial charge on any atom is 0.416 e. The van der Waals surface area contributed by atoms with Gasteiger partial charge in [0.1, 0.15) is 16.9 Å². The monoisotopic (exact) mass is 357 g/mol. The molecule has 0 fully saturated rings. The van der Waals surface area contributed by atoms with Crippen LogP contribution in [-0.4, -0.2) is 9.97 Å². The molecule has 4 aromatic rings. The summed E-state index contributed by atoms with van der Waals surface area (Å²) in [6.45, 7) is 1.91. The lowest BCUT2D eigenvalue weighted by atomic mass is 10.2. The van der Waals surface area contributed by atoms with Crippen molar-refractivity contribution in [1.29, 1.82) is 0 Å². The van der Waals surface area contributed by atoms with E-state index in [-0.39, 0.29) is 5.69 Å². The van der Waals surface area contributed by atoms with Gasteiger partial charge in [0.15, 0.2) is 11.4 Å². The molecule has 0 bridgehead atoms. The van der Waals surface area contributed by atoms with Gasteiger partial charge in [-0.3, -0.25) is 0 Å². The Labute approximate surface area is 146 Å². The van der Waals surface area contributed by atoms with Crippen molar-refractivity contribution >= 4 is 33.6 Å². The highest BCUT2D eigenvalue weighted by Crippen LogP contribution is 2.34. The number of hydrogen-bond acceptors (Lipinski definition) is 4. The molecule has 26 heavy (non-hydrogen) atoms. The molecule has 4 rings (SSSR count). The number of benzene rings is 2. The maximum atomic E-state index is 12.9. The molecule has 7 heteroatoms. The molecule has 0 unspecified atom stereocenters. The Bertz CT molecular complexity index is 1100. The maximum absolute atomic E-state index is 12.9. The average Bonchev–Trinajstić information content (AvgIpc) is 3.00. The van der Waals surface area contributed by atoms with E-state index in [9.17, 15) is 13.2 Å². The fourth-order valence-corrected chi connectivity index (χ4v) is 2.79. The lowest BCUT2D eigenvalue weighted by Crippen LogP contribution is -2.06. The second kappa shape index (κ2) is 6.01. The third kappa shape index (κ3) is 2.85. The number of aryl methyl sites for hydroxylation is 1. The van der Waals surface area contributed by atoms with Crippen molar-refractivity contribution in [3.8, 4) is 0 Å². The van der Waals surface area contributed by atoms with Crippen LogP contribution in [-0.2, 0) is 12.6 Å². The second-order valence-electron chi connectivity index (χ2n) is 5.82. The molecule has 0 aliphatic heterocycles. The van der Waals surface area contributed by atoms with Gasteiger partial charge in [-0.05, 0) is 30.3 Å². The number of para-hydroxylation sites is 1. The average molecular weight is 357 g/mol. The summed E-state index contributed by atoms with van der Waals surface area (Å²) in [7, 11) is 0. The van der Waals surface area contributed by atoms with Gasteiger partial charge < -0.3 is 9.73 Å². The van der Waals surface area contributed by atoms with Gasteiger partial charge >= 0.3 is 6.18 Å². The summed E-state index contributed by atoms with van der Waals surface area (Å²) in [6, 6.07) is 12.4. The SMILES string of the molecule is CCc1nc(Nc2cccc(C(F)(F)F)c2)c2oc3ccccc3c2n1. The number of fused-ring (bicyclic) bond motifs is 3. The molecule has 2 aromatic carbocycles. The van der Waals surface area contributed by atoms with Gasteiger partial charge in [0, 0.05) is 17.5 Å². The molecule has 2 heterocycles. The quantitative estimate of drug-likeness (QED) is 0.511. The predicted molar refractivity (Wildman–Crippen MR) is 93.4 cm³/mol. The van der Waals surface area contributed by atoms with E-state index in [1.54, 1.807) is 6.07 Å². The Morgan fingerprint density at radius 1 is 1.04 bits per heavy atom. The van der Waals surface area contributed by atoms with Crippen molar-refractivity contribution in [3.63, 3.8) is 0 Å². The van der Waals surface area contributed by atoms with Gasteiger partial charge in [0.05, 0.1) is 5.56 Å². The van der Waals surface area contributed by atoms with Crippen molar-refractivity contribution in [2.75, 3.05) is 5.32 Å². The molecule has 0 saturated carbocycles. The zero-order chi connectivity index (χ0) is 18.3. The van der Waals surface area contributed by atoms with Crippen LogP contribution in [0.25, 0.3) is 22.1 Å². The van der Waals surface area contributed by atoms with Crippen LogP contribution < -0.4 is 5.32 Å². The van der Waals surface area contributed by atoms with E-state index in [0.717, 1.165) is 17.5 Å². The van der Waals surface area contributed by atoms with Gasteiger partial charge in [-0.1, -0.05) is 25.1 Å². The molecule has 0 atom stereocenters. The number of anilines is 2. The first-order valence-electron chi connectivity index (χ1n) is 8.08. The van der Waals surface area contributed by atoms with E-state index in [0.29, 0.717) is 34.7 Å². The molecule has 1 N–H and O–H groups in total. The van der Waals surface area contributed by atoms with Crippen LogP contribution in [0.3, 0.4) is 0 Å². The summed E-state index contributed by atoms with van der Waals surface area (Å²) < 4.78 is 44.7. The third-order valence-corrected chi connectivity index (χ3v) is 4.03. The van der Waals surface area contributed by atoms with Gasteiger partial charge in [-0.15, -0.1) is 0 Å². The van der Waals surface area contributed by atoms with E-state index < -0.39 is 11.7 Å². The molecule has 0 aliphatic rings. The van der Waals surface area contributed by atoms with Crippen molar-refractivity contribution < 1.29 is 17.6 Å². The molecule has 0 spiro atoms. The topological polar surface area (TPSA) is 51.0 Å². The van der Waals surface area contributed by atoms with Crippen LogP contribution in [0.1, 0.15) is 18.3 Å². The lowest BCUT2D eigenvalue weighted by Gasteiger charge is -2.11. The number of aromatic nitrogens is 2. The normalized spacial score (nSPS) is 12.0. The zero-order valence-electron chi connectivity index (χ0n) is 13.8. The minimum atomic E-state index is -4.41. The molecular weight excluding hydrogens is 343 g/mol. The summed E-state index contributed by atoms with van der Waals surface area (Å²) >= 11 is 0. The summed E-state index contributed by atoms with van der Waals surface area (Å²) in [5.74, 6) is 0.931. The van der Waals surface area contributed by atoms with E-state index in [4.69, 9.17) is 4.42 Å². The smallest absolute Gasteiger partial charge is 0.416 e. The first kappa shape index (κ1) is 16.4. The van der Waals surface area contributed by atoms with Crippen molar-refractivity contribution in [1.82, 2.24) is 9.97 Å². The van der Waals surface area contributed by atoms with E-state index in [2.05, 4.69) is 15.3 Å². The molecule has 2 aromatic heterocycles. The van der Waals surface area contributed by atoms with Crippen molar-refractivity contribution in [3.05, 3.63) is 59.9 Å². The zero-order valence-corrected chi connectivity index (χ0v) is 13.8. The van der Waals surface area contributed by atoms with Crippen LogP contribution in [0.15, 0.2) is 52.9 Å². The number of hydrogen-bond donors (Lipinski definition) is 1. The van der Waals surface area contributed by atoms with E-state index >= 15 is 0 Å². The lowest BCUT2D eigenvalue weighted by molar-refractivity contribution is -0.137. The highest BCUT2D eigenvalue weighted by Gasteiger charge is 2.30. The number of rotatable bonds is 3. The van der Waals surface area contributed by atoms with Crippen LogP contribution in [0.2, 0.25) is 0 Å². The first-order valence-corrected chi connectivity index (χ1v) is 8.08. The van der Waals surface area contributed by atoms with Crippen molar-refractivity contribution in [2.24, 2.45) is 0 Å². The first-order chi connectivity index (χ1) is 12.5. The minimum Gasteiger partial charge on any atom is -0.450 e. The Hall–Kier alpha value is -3.09. The summed E-state index contributed by atoms with van der Waals surface area (Å²) in [5.41, 5.74) is 1.26. The van der Waals surface area contributed by atoms with Crippen LogP contribution in [0, 0.1) is 0 Å². The Morgan fingerprint density at radius 2 is 1.85 bits per heavy atom. The van der Waals surface area contributed by atoms with Gasteiger partial charge in [-0.25, -0.2) is 9.97 Å². The molecular formula is C19H14F3N3O. The standard InChI is InChI=1S/C19H14F3N3O/c1-2-15-24-16-13-8-3-4-9-14(13)26-17(16)18(25-15)23-12-7-5-6-11(10-12)19(20,21)22/h3-10H,2H2,1H3,(H,23,24,25). The van der Waals surface area contributed by atoms with Gasteiger partial charge in [0.2, 0.25) is 0 Å². The third-order valence-electron chi connectivity index (χ3n) is 4.03. The van der Waals surface area contributed by atoms with Crippen LogP contribution in [0.5, 0.6) is 0 Å². The van der Waals surface area contributed by atoms with E-state index in [1.165, 1.54) is 6.07 Å². The Balaban J connectivity index is 1.86. The Kier molecular flexibility index (Phi) is 3.79. The molecule has 4 nitrogen and oxygen atoms in total. The molecule has 0 amide bonds. The molecule has 0 aliphatic carbocycles. The van der Waals surface area contributed by atoms with Crippen molar-refractivity contribution in [2.45, 2.75) is 19.5 Å². The molecule has 0 radical (unpaired) electrons. The predicted octanol–water partition coefficient (Wildman–Crippen LogP) is 5.70. The fraction of sp³-hybridized carbons (Fsp3) is 0.158. The van der Waals surface area contributed by atoms with Gasteiger partial charge in [0.25, 0.3) is 0 Å². The highest BCUT2D eigenvalue weighted by atomic mass is 19.4. The largest absolute Gasteiger partial charge is 0.450 e. The van der Waals surface area contributed by atoms with Gasteiger partial charge in [-0.2, -0.15) is 13.2 Å². The number of furan rings is 1. The second-order valence-corrected chi connectivity index (χ2v) is 5.82. The Morgan fingerprint density at radius 3 is 2.62 bits per heavy atom. The highest BCUT2D eigenvalue weighted by molar-refractivity contribution is 6.06. The number of nitrogens with one attached hydrogen (secondary N) is 1. The molecule has 0 saturated heterocycles. The van der Waals surface area contributed by atoms with Crippen LogP contribution in [0.4, 0.5) is 24.7 Å². The minimum absolute atomic E-state index is 0.280. The fourth-order valence-electron chi connectivity index (χ4n) is 2.79. The number of alkyl halides is 3. The summed E-state index contributed by atoms with van der Waals surface area (Å²) in [4.78, 5) is 8.92. The summed E-state index contributed by atoms with van der Waals surface area (Å²) in [6.07, 6.45) is -3.82. The van der Waals surface area contributed by atoms with Crippen LogP contribution >= 0.6 is 0 Å².